The summed E-state index contributed by atoms with van der Waals surface area (Å²) >= 11 is 0. The smallest absolute Gasteiger partial charge is 0.0440 e. The van der Waals surface area contributed by atoms with Crippen molar-refractivity contribution in [2.45, 2.75) is 63.1 Å². The molecule has 1 nitrogen and oxygen atoms in total. The molecule has 2 saturated heterocycles. The van der Waals surface area contributed by atoms with E-state index in [1.807, 2.05) is 0 Å². The first kappa shape index (κ1) is 7.27. The van der Waals surface area contributed by atoms with Crippen LogP contribution >= 0.6 is 0 Å². The molecule has 7 unspecified atom stereocenters. The SMILES string of the molecule is CCC12CC3CCC4(C)C3C3N4C31C2. The topological polar surface area (TPSA) is 3.01 Å². The van der Waals surface area contributed by atoms with Crippen LogP contribution in [-0.4, -0.2) is 22.0 Å². The van der Waals surface area contributed by atoms with Crippen molar-refractivity contribution in [3.05, 3.63) is 0 Å². The second kappa shape index (κ2) is 1.52. The second-order valence-corrected chi connectivity index (χ2v) is 6.94. The maximum absolute atomic E-state index is 2.95. The Morgan fingerprint density at radius 2 is 2.29 bits per heavy atom. The van der Waals surface area contributed by atoms with Crippen molar-refractivity contribution >= 4 is 0 Å². The molecule has 14 heavy (non-hydrogen) atoms. The summed E-state index contributed by atoms with van der Waals surface area (Å²) in [6.07, 6.45) is 7.69. The van der Waals surface area contributed by atoms with Crippen LogP contribution in [0.15, 0.2) is 0 Å². The summed E-state index contributed by atoms with van der Waals surface area (Å²) in [4.78, 5) is 2.95. The molecule has 3 aliphatic carbocycles. The zero-order valence-electron chi connectivity index (χ0n) is 9.21. The molecule has 5 fully saturated rings. The first-order valence-electron chi connectivity index (χ1n) is 6.49. The fourth-order valence-electron chi connectivity index (χ4n) is 6.50. The summed E-state index contributed by atoms with van der Waals surface area (Å²) < 4.78 is 0. The van der Waals surface area contributed by atoms with Crippen molar-refractivity contribution in [2.24, 2.45) is 17.3 Å². The van der Waals surface area contributed by atoms with Gasteiger partial charge in [-0.2, -0.15) is 0 Å². The molecule has 0 aromatic heterocycles. The molecular weight excluding hydrogens is 170 g/mol. The average molecular weight is 189 g/mol. The summed E-state index contributed by atoms with van der Waals surface area (Å²) in [5.41, 5.74) is 2.29. The summed E-state index contributed by atoms with van der Waals surface area (Å²) in [5, 5.41) is 0. The molecule has 0 aromatic rings. The van der Waals surface area contributed by atoms with Gasteiger partial charge < -0.3 is 0 Å². The zero-order valence-corrected chi connectivity index (χ0v) is 9.21. The van der Waals surface area contributed by atoms with E-state index in [2.05, 4.69) is 18.7 Å². The van der Waals surface area contributed by atoms with Gasteiger partial charge in [0.05, 0.1) is 0 Å². The molecule has 0 aromatic carbocycles. The lowest BCUT2D eigenvalue weighted by Crippen LogP contribution is -2.53. The van der Waals surface area contributed by atoms with Crippen molar-refractivity contribution < 1.29 is 0 Å². The highest BCUT2D eigenvalue weighted by atomic mass is 15.6. The molecule has 0 radical (unpaired) electrons. The molecule has 5 rings (SSSR count). The van der Waals surface area contributed by atoms with Gasteiger partial charge in [0.1, 0.15) is 0 Å². The molecule has 76 valence electrons. The molecule has 1 heteroatoms. The number of hydrogen-bond donors (Lipinski definition) is 0. The highest BCUT2D eigenvalue weighted by Crippen LogP contribution is 2.91. The lowest BCUT2D eigenvalue weighted by molar-refractivity contribution is 0.0435. The highest BCUT2D eigenvalue weighted by molar-refractivity contribution is 5.51. The maximum Gasteiger partial charge on any atom is 0.0440 e. The Morgan fingerprint density at radius 1 is 1.43 bits per heavy atom. The average Bonchev–Trinajstić information content (AvgIpc) is 2.95. The molecule has 2 aliphatic heterocycles. The Kier molecular flexibility index (Phi) is 0.788. The predicted molar refractivity (Wildman–Crippen MR) is 54.9 cm³/mol. The third-order valence-electron chi connectivity index (χ3n) is 7.00. The van der Waals surface area contributed by atoms with Crippen LogP contribution in [-0.2, 0) is 0 Å². The Labute approximate surface area is 85.8 Å². The van der Waals surface area contributed by atoms with Crippen LogP contribution in [0.5, 0.6) is 0 Å². The van der Waals surface area contributed by atoms with Gasteiger partial charge in [0.15, 0.2) is 0 Å². The molecule has 1 spiro atoms. The Morgan fingerprint density at radius 3 is 3.07 bits per heavy atom. The van der Waals surface area contributed by atoms with E-state index in [-0.39, 0.29) is 0 Å². The lowest BCUT2D eigenvalue weighted by Gasteiger charge is -2.45. The van der Waals surface area contributed by atoms with E-state index in [4.69, 9.17) is 0 Å². The van der Waals surface area contributed by atoms with Crippen LogP contribution in [0.3, 0.4) is 0 Å². The molecule has 7 atom stereocenters. The van der Waals surface area contributed by atoms with Crippen LogP contribution < -0.4 is 0 Å². The normalized spacial score (nSPS) is 80.1. The van der Waals surface area contributed by atoms with Gasteiger partial charge in [-0.1, -0.05) is 6.92 Å². The molecule has 3 saturated carbocycles. The minimum atomic E-state index is 0.683. The maximum atomic E-state index is 2.95. The van der Waals surface area contributed by atoms with Crippen molar-refractivity contribution in [1.82, 2.24) is 4.90 Å². The van der Waals surface area contributed by atoms with Crippen molar-refractivity contribution in [2.75, 3.05) is 0 Å². The van der Waals surface area contributed by atoms with Crippen LogP contribution in [0.1, 0.15) is 46.0 Å². The Bertz CT molecular complexity index is 362. The summed E-state index contributed by atoms with van der Waals surface area (Å²) in [6.45, 7) is 5.00. The molecular formula is C13H19N. The minimum absolute atomic E-state index is 0.683. The Balaban J connectivity index is 1.71. The van der Waals surface area contributed by atoms with Gasteiger partial charge in [-0.3, -0.25) is 4.90 Å². The fraction of sp³-hybridized carbons (Fsp3) is 1.00. The van der Waals surface area contributed by atoms with Crippen LogP contribution in [0.4, 0.5) is 0 Å². The third-order valence-corrected chi connectivity index (χ3v) is 7.00. The van der Waals surface area contributed by atoms with Gasteiger partial charge >= 0.3 is 0 Å². The van der Waals surface area contributed by atoms with Crippen molar-refractivity contribution in [3.8, 4) is 0 Å². The van der Waals surface area contributed by atoms with E-state index >= 15 is 0 Å². The number of fused-ring (bicyclic) bond motifs is 1. The van der Waals surface area contributed by atoms with Gasteiger partial charge in [0, 0.05) is 17.1 Å². The highest BCUT2D eigenvalue weighted by Gasteiger charge is 2.97. The molecule has 0 amide bonds. The van der Waals surface area contributed by atoms with Gasteiger partial charge in [-0.25, -0.2) is 0 Å². The summed E-state index contributed by atoms with van der Waals surface area (Å²) in [5.74, 6) is 2.25. The largest absolute Gasteiger partial charge is 0.285 e. The van der Waals surface area contributed by atoms with E-state index in [0.29, 0.717) is 5.54 Å². The van der Waals surface area contributed by atoms with Gasteiger partial charge in [-0.15, -0.1) is 0 Å². The molecule has 2 heterocycles. The second-order valence-electron chi connectivity index (χ2n) is 6.94. The standard InChI is InChI=1S/C13H19N/c1-3-12-6-8-4-5-11(2)9(8)10-13(12,7-12)14(10)11/h8-10H,3-7H2,1-2H3. The third kappa shape index (κ3) is 0.387. The van der Waals surface area contributed by atoms with E-state index in [1.165, 1.54) is 12.8 Å². The minimum Gasteiger partial charge on any atom is -0.285 e. The molecule has 0 N–H and O–H groups in total. The van der Waals surface area contributed by atoms with Crippen LogP contribution in [0.25, 0.3) is 0 Å². The number of nitrogens with zero attached hydrogens (tertiary/aromatic N) is 1. The molecule has 5 aliphatic rings. The van der Waals surface area contributed by atoms with Gasteiger partial charge in [-0.05, 0) is 56.3 Å². The monoisotopic (exact) mass is 189 g/mol. The molecule has 0 bridgehead atoms. The first-order chi connectivity index (χ1) is 6.70. The van der Waals surface area contributed by atoms with E-state index in [9.17, 15) is 0 Å². The summed E-state index contributed by atoms with van der Waals surface area (Å²) in [7, 11) is 0. The lowest BCUT2D eigenvalue weighted by atomic mass is 9.69. The van der Waals surface area contributed by atoms with E-state index < -0.39 is 0 Å². The van der Waals surface area contributed by atoms with Crippen molar-refractivity contribution in [3.63, 3.8) is 0 Å². The van der Waals surface area contributed by atoms with Crippen LogP contribution in [0.2, 0.25) is 0 Å². The summed E-state index contributed by atoms with van der Waals surface area (Å²) in [6, 6.07) is 1.08. The van der Waals surface area contributed by atoms with E-state index in [1.54, 1.807) is 19.3 Å². The predicted octanol–water partition coefficient (Wildman–Crippen LogP) is 2.41. The van der Waals surface area contributed by atoms with E-state index in [0.717, 1.165) is 28.8 Å². The quantitative estimate of drug-likeness (QED) is 0.572. The van der Waals surface area contributed by atoms with Crippen molar-refractivity contribution in [1.29, 1.82) is 0 Å². The fourth-order valence-corrected chi connectivity index (χ4v) is 6.50. The number of rotatable bonds is 1. The first-order valence-corrected chi connectivity index (χ1v) is 6.49. The van der Waals surface area contributed by atoms with Gasteiger partial charge in [0.2, 0.25) is 0 Å². The zero-order chi connectivity index (χ0) is 9.34. The van der Waals surface area contributed by atoms with Crippen LogP contribution in [0, 0.1) is 17.3 Å². The van der Waals surface area contributed by atoms with Gasteiger partial charge in [0.25, 0.3) is 0 Å². The number of hydrogen-bond acceptors (Lipinski definition) is 1. The Hall–Kier alpha value is -0.0400.